The van der Waals surface area contributed by atoms with E-state index in [0.717, 1.165) is 11.3 Å². The van der Waals surface area contributed by atoms with Crippen LogP contribution in [0, 0.1) is 0 Å². The lowest BCUT2D eigenvalue weighted by atomic mass is 10.2. The molecule has 9 heteroatoms. The van der Waals surface area contributed by atoms with Crippen LogP contribution in [0.4, 0.5) is 5.13 Å². The molecule has 0 unspecified atom stereocenters. The fourth-order valence-corrected chi connectivity index (χ4v) is 3.37. The monoisotopic (exact) mass is 388 g/mol. The first-order chi connectivity index (χ1) is 13.0. The van der Waals surface area contributed by atoms with Crippen LogP contribution in [-0.4, -0.2) is 35.9 Å². The Morgan fingerprint density at radius 1 is 1.41 bits per heavy atom. The van der Waals surface area contributed by atoms with Crippen molar-refractivity contribution >= 4 is 34.2 Å². The molecule has 0 spiro atoms. The van der Waals surface area contributed by atoms with Crippen molar-refractivity contribution in [2.24, 2.45) is 0 Å². The maximum atomic E-state index is 12.1. The zero-order valence-electron chi connectivity index (χ0n) is 14.8. The molecular weight excluding hydrogens is 368 g/mol. The number of carbonyl (C=O) groups is 3. The molecule has 2 heterocycles. The number of nitrogens with zero attached hydrogens (tertiary/aromatic N) is 1. The second-order valence-electron chi connectivity index (χ2n) is 6.10. The van der Waals surface area contributed by atoms with E-state index >= 15 is 0 Å². The summed E-state index contributed by atoms with van der Waals surface area (Å²) in [4.78, 5) is 39.6. The van der Waals surface area contributed by atoms with Gasteiger partial charge in [0.05, 0.1) is 19.2 Å². The Bertz CT molecular complexity index is 851. The largest absolute Gasteiger partial charge is 0.497 e. The quantitative estimate of drug-likeness (QED) is 0.661. The highest BCUT2D eigenvalue weighted by Gasteiger charge is 2.27. The molecule has 3 N–H and O–H groups in total. The van der Waals surface area contributed by atoms with Crippen LogP contribution in [0.2, 0.25) is 0 Å². The highest BCUT2D eigenvalue weighted by atomic mass is 32.1. The van der Waals surface area contributed by atoms with Crippen LogP contribution in [0.1, 0.15) is 24.1 Å². The predicted molar refractivity (Wildman–Crippen MR) is 100 cm³/mol. The third kappa shape index (κ3) is 5.27. The summed E-state index contributed by atoms with van der Waals surface area (Å²) < 4.78 is 5.16. The van der Waals surface area contributed by atoms with Gasteiger partial charge in [-0.2, -0.15) is 0 Å². The molecule has 1 saturated heterocycles. The van der Waals surface area contributed by atoms with Crippen LogP contribution < -0.4 is 20.7 Å². The Balaban J connectivity index is 1.47. The zero-order chi connectivity index (χ0) is 19.2. The summed E-state index contributed by atoms with van der Waals surface area (Å²) in [7, 11) is 1.59. The van der Waals surface area contributed by atoms with Crippen molar-refractivity contribution in [1.82, 2.24) is 15.6 Å². The van der Waals surface area contributed by atoms with E-state index < -0.39 is 6.04 Å². The third-order valence-corrected chi connectivity index (χ3v) is 4.87. The first-order valence-electron chi connectivity index (χ1n) is 8.48. The summed E-state index contributed by atoms with van der Waals surface area (Å²) >= 11 is 1.25. The number of anilines is 1. The molecule has 1 atom stereocenters. The van der Waals surface area contributed by atoms with Crippen molar-refractivity contribution in [2.75, 3.05) is 12.4 Å². The number of ether oxygens (including phenoxy) is 1. The van der Waals surface area contributed by atoms with Gasteiger partial charge in [0.15, 0.2) is 5.13 Å². The van der Waals surface area contributed by atoms with Crippen LogP contribution >= 0.6 is 11.3 Å². The lowest BCUT2D eigenvalue weighted by Gasteiger charge is -2.08. The van der Waals surface area contributed by atoms with E-state index in [4.69, 9.17) is 4.74 Å². The first-order valence-corrected chi connectivity index (χ1v) is 9.35. The Kier molecular flexibility index (Phi) is 6.02. The number of methoxy groups -OCH3 is 1. The van der Waals surface area contributed by atoms with Crippen molar-refractivity contribution in [2.45, 2.75) is 31.8 Å². The van der Waals surface area contributed by atoms with Gasteiger partial charge in [-0.15, -0.1) is 11.3 Å². The molecule has 1 aliphatic heterocycles. The molecule has 0 bridgehead atoms. The molecule has 1 aliphatic rings. The Morgan fingerprint density at radius 3 is 3.00 bits per heavy atom. The number of benzene rings is 1. The molecule has 0 radical (unpaired) electrons. The van der Waals surface area contributed by atoms with Gasteiger partial charge in [0.25, 0.3) is 0 Å². The van der Waals surface area contributed by atoms with Gasteiger partial charge < -0.3 is 20.7 Å². The molecule has 27 heavy (non-hydrogen) atoms. The molecule has 1 fully saturated rings. The minimum atomic E-state index is -0.518. The van der Waals surface area contributed by atoms with Crippen LogP contribution in [-0.2, 0) is 27.3 Å². The Morgan fingerprint density at radius 2 is 2.26 bits per heavy atom. The van der Waals surface area contributed by atoms with Gasteiger partial charge in [0.2, 0.25) is 17.7 Å². The standard InChI is InChI=1S/C18H20N4O4S/c1-26-13-4-2-3-11(7-13)9-19-16(24)8-12-10-27-18(20-12)22-17(25)14-5-6-15(23)21-14/h2-4,7,10,14H,5-6,8-9H2,1H3,(H,19,24)(H,21,23)(H,20,22,25)/t14-/m0/s1. The molecule has 8 nitrogen and oxygen atoms in total. The maximum Gasteiger partial charge on any atom is 0.248 e. The molecule has 1 aromatic carbocycles. The highest BCUT2D eigenvalue weighted by molar-refractivity contribution is 7.13. The van der Waals surface area contributed by atoms with Crippen molar-refractivity contribution < 1.29 is 19.1 Å². The maximum absolute atomic E-state index is 12.1. The van der Waals surface area contributed by atoms with E-state index in [0.29, 0.717) is 30.2 Å². The highest BCUT2D eigenvalue weighted by Crippen LogP contribution is 2.18. The lowest BCUT2D eigenvalue weighted by molar-refractivity contribution is -0.122. The summed E-state index contributed by atoms with van der Waals surface area (Å²) in [5, 5.41) is 10.3. The number of rotatable bonds is 7. The van der Waals surface area contributed by atoms with E-state index in [1.165, 1.54) is 11.3 Å². The van der Waals surface area contributed by atoms with Crippen LogP contribution in [0.5, 0.6) is 5.75 Å². The first kappa shape index (κ1) is 18.8. The number of hydrogen-bond acceptors (Lipinski definition) is 6. The Labute approximate surface area is 160 Å². The summed E-state index contributed by atoms with van der Waals surface area (Å²) in [5.41, 5.74) is 1.52. The summed E-state index contributed by atoms with van der Waals surface area (Å²) in [6.45, 7) is 0.394. The molecule has 3 amide bonds. The predicted octanol–water partition coefficient (Wildman–Crippen LogP) is 1.23. The van der Waals surface area contributed by atoms with E-state index in [1.807, 2.05) is 24.3 Å². The molecule has 1 aromatic heterocycles. The van der Waals surface area contributed by atoms with Crippen molar-refractivity contribution in [3.8, 4) is 5.75 Å². The average molecular weight is 388 g/mol. The van der Waals surface area contributed by atoms with Crippen molar-refractivity contribution in [3.05, 3.63) is 40.9 Å². The van der Waals surface area contributed by atoms with Gasteiger partial charge in [-0.25, -0.2) is 4.98 Å². The van der Waals surface area contributed by atoms with Crippen molar-refractivity contribution in [3.63, 3.8) is 0 Å². The average Bonchev–Trinajstić information content (AvgIpc) is 3.29. The fourth-order valence-electron chi connectivity index (χ4n) is 2.66. The smallest absolute Gasteiger partial charge is 0.248 e. The summed E-state index contributed by atoms with van der Waals surface area (Å²) in [6, 6.07) is 6.95. The van der Waals surface area contributed by atoms with Gasteiger partial charge in [0.1, 0.15) is 11.8 Å². The molecular formula is C18H20N4O4S. The van der Waals surface area contributed by atoms with E-state index in [1.54, 1.807) is 12.5 Å². The van der Waals surface area contributed by atoms with Crippen LogP contribution in [0.3, 0.4) is 0 Å². The van der Waals surface area contributed by atoms with Gasteiger partial charge in [-0.1, -0.05) is 12.1 Å². The fraction of sp³-hybridized carbons (Fsp3) is 0.333. The number of hydrogen-bond donors (Lipinski definition) is 3. The van der Waals surface area contributed by atoms with Crippen LogP contribution in [0.15, 0.2) is 29.6 Å². The van der Waals surface area contributed by atoms with E-state index in [9.17, 15) is 14.4 Å². The lowest BCUT2D eigenvalue weighted by Crippen LogP contribution is -2.37. The minimum Gasteiger partial charge on any atom is -0.497 e. The van der Waals surface area contributed by atoms with Gasteiger partial charge in [0, 0.05) is 18.3 Å². The molecule has 142 valence electrons. The van der Waals surface area contributed by atoms with Crippen LogP contribution in [0.25, 0.3) is 0 Å². The number of amides is 3. The van der Waals surface area contributed by atoms with Gasteiger partial charge >= 0.3 is 0 Å². The van der Waals surface area contributed by atoms with E-state index in [-0.39, 0.29) is 24.1 Å². The molecule has 2 aromatic rings. The van der Waals surface area contributed by atoms with Gasteiger partial charge in [-0.05, 0) is 24.1 Å². The minimum absolute atomic E-state index is 0.122. The third-order valence-electron chi connectivity index (χ3n) is 4.06. The second kappa shape index (κ2) is 8.63. The molecule has 0 aliphatic carbocycles. The van der Waals surface area contributed by atoms with E-state index in [2.05, 4.69) is 20.9 Å². The SMILES string of the molecule is COc1cccc(CNC(=O)Cc2csc(NC(=O)[C@@H]3CCC(=O)N3)n2)c1. The van der Waals surface area contributed by atoms with Crippen molar-refractivity contribution in [1.29, 1.82) is 0 Å². The number of nitrogens with one attached hydrogen (secondary N) is 3. The molecule has 0 saturated carbocycles. The number of carbonyl (C=O) groups excluding carboxylic acids is 3. The summed E-state index contributed by atoms with van der Waals surface area (Å²) in [6.07, 6.45) is 0.959. The Hall–Kier alpha value is -2.94. The topological polar surface area (TPSA) is 109 Å². The normalized spacial score (nSPS) is 15.9. The second-order valence-corrected chi connectivity index (χ2v) is 6.96. The van der Waals surface area contributed by atoms with Gasteiger partial charge in [-0.3, -0.25) is 14.4 Å². The number of thiazole rings is 1. The summed E-state index contributed by atoms with van der Waals surface area (Å²) in [5.74, 6) is 0.163. The molecule has 3 rings (SSSR count). The zero-order valence-corrected chi connectivity index (χ0v) is 15.6. The number of aromatic nitrogens is 1.